The third kappa shape index (κ3) is 23.0. The molecular formula is C12H27KN2S4Zn. The van der Waals surface area contributed by atoms with Gasteiger partial charge in [0.1, 0.15) is 8.64 Å². The maximum atomic E-state index is 5.03. The molecule has 0 atom stereocenters. The molecule has 0 saturated heterocycles. The van der Waals surface area contributed by atoms with Crippen LogP contribution in [0.1, 0.15) is 41.0 Å². The van der Waals surface area contributed by atoms with Gasteiger partial charge < -0.3 is 11.2 Å². The van der Waals surface area contributed by atoms with E-state index in [0.717, 1.165) is 17.4 Å². The Balaban J connectivity index is -0.0000000830. The molecule has 0 aliphatic rings. The topological polar surface area (TPSA) is 6.48 Å². The Hall–Kier alpha value is 2.74. The van der Waals surface area contributed by atoms with Gasteiger partial charge in [0.05, 0.1) is 0 Å². The second kappa shape index (κ2) is 21.7. The van der Waals surface area contributed by atoms with Gasteiger partial charge in [-0.05, 0) is 12.8 Å². The number of thiol groups is 2. The number of thiocarbonyl (C=S) groups is 2. The molecule has 0 aliphatic heterocycles. The minimum Gasteiger partial charge on any atom is -1.00 e. The number of nitrogens with zero attached hydrogens (tertiary/aromatic N) is 2. The van der Waals surface area contributed by atoms with Gasteiger partial charge in [0.2, 0.25) is 0 Å². The molecule has 0 unspecified atom stereocenters. The van der Waals surface area contributed by atoms with Crippen molar-refractivity contribution in [3.8, 4) is 0 Å². The monoisotopic (exact) mass is 430 g/mol. The molecule has 0 aromatic carbocycles. The van der Waals surface area contributed by atoms with E-state index >= 15 is 0 Å². The minimum absolute atomic E-state index is 0. The van der Waals surface area contributed by atoms with Crippen molar-refractivity contribution in [2.24, 2.45) is 0 Å². The van der Waals surface area contributed by atoms with E-state index in [1.807, 2.05) is 14.1 Å². The Morgan fingerprint density at radius 1 is 0.950 bits per heavy atom. The molecule has 0 bridgehead atoms. The maximum Gasteiger partial charge on any atom is 1.00 e. The van der Waals surface area contributed by atoms with Crippen LogP contribution in [0.2, 0.25) is 0 Å². The third-order valence-electron chi connectivity index (χ3n) is 2.22. The van der Waals surface area contributed by atoms with E-state index < -0.39 is 0 Å². The maximum absolute atomic E-state index is 5.03. The third-order valence-corrected chi connectivity index (χ3v) is 3.52. The number of unbranched alkanes of at least 4 members (excludes halogenated alkanes) is 2. The van der Waals surface area contributed by atoms with E-state index in [9.17, 15) is 0 Å². The van der Waals surface area contributed by atoms with E-state index in [0.29, 0.717) is 4.32 Å². The molecule has 0 heterocycles. The van der Waals surface area contributed by atoms with E-state index in [-0.39, 0.29) is 72.3 Å². The Morgan fingerprint density at radius 2 is 1.25 bits per heavy atom. The van der Waals surface area contributed by atoms with Crippen molar-refractivity contribution in [3.05, 3.63) is 0 Å². The van der Waals surface area contributed by atoms with Gasteiger partial charge in [0.25, 0.3) is 0 Å². The number of hydrogen-bond donors (Lipinski definition) is 2. The van der Waals surface area contributed by atoms with E-state index in [1.54, 1.807) is 4.90 Å². The second-order valence-corrected chi connectivity index (χ2v) is 6.38. The van der Waals surface area contributed by atoms with Crippen molar-refractivity contribution < 1.29 is 72.3 Å². The molecule has 8 heteroatoms. The molecule has 2 nitrogen and oxygen atoms in total. The SMILES string of the molecule is CCCCN(CCCC)C(=S)S.CN(C)C(=S)S.[H-].[K+].[Zn]. The van der Waals surface area contributed by atoms with Crippen LogP contribution in [0, 0.1) is 0 Å². The zero-order chi connectivity index (χ0) is 14.6. The molecule has 0 N–H and O–H groups in total. The summed E-state index contributed by atoms with van der Waals surface area (Å²) in [5, 5.41) is 0. The average Bonchev–Trinajstić information content (AvgIpc) is 2.29. The number of rotatable bonds is 6. The molecule has 0 saturated carbocycles. The van der Waals surface area contributed by atoms with Crippen molar-refractivity contribution >= 4 is 58.3 Å². The summed E-state index contributed by atoms with van der Waals surface area (Å²) in [6, 6.07) is 0. The predicted octanol–water partition coefficient (Wildman–Crippen LogP) is 0.980. The van der Waals surface area contributed by atoms with E-state index in [1.165, 1.54) is 25.7 Å². The first-order chi connectivity index (χ1) is 8.36. The Morgan fingerprint density at radius 3 is 1.40 bits per heavy atom. The normalized spacial score (nSPS) is 8.30. The van der Waals surface area contributed by atoms with Gasteiger partial charge in [0.15, 0.2) is 0 Å². The predicted molar refractivity (Wildman–Crippen MR) is 99.4 cm³/mol. The van der Waals surface area contributed by atoms with E-state index in [2.05, 4.69) is 56.2 Å². The fourth-order valence-electron chi connectivity index (χ4n) is 1.00. The quantitative estimate of drug-likeness (QED) is 0.367. The van der Waals surface area contributed by atoms with Gasteiger partial charge in [-0.2, -0.15) is 0 Å². The van der Waals surface area contributed by atoms with Gasteiger partial charge in [-0.15, -0.1) is 25.3 Å². The largest absolute Gasteiger partial charge is 1.00 e. The standard InChI is InChI=1S/C9H19NS2.C3H7NS2.K.Zn.H/c1-3-5-7-10(9(11)12)8-6-4-2;1-4(2)3(5)6;;;/h3-8H2,1-2H3,(H,11,12);1-2H3,(H,5,6);;;/q;;+1;;-1. The van der Waals surface area contributed by atoms with Crippen LogP contribution in [-0.2, 0) is 19.5 Å². The zero-order valence-corrected chi connectivity index (χ0v) is 23.1. The summed E-state index contributed by atoms with van der Waals surface area (Å²) < 4.78 is 1.37. The van der Waals surface area contributed by atoms with Crippen LogP contribution in [-0.4, -0.2) is 45.6 Å². The van der Waals surface area contributed by atoms with Crippen LogP contribution in [0.25, 0.3) is 0 Å². The molecular weight excluding hydrogens is 405 g/mol. The van der Waals surface area contributed by atoms with Gasteiger partial charge in [-0.25, -0.2) is 0 Å². The molecule has 0 aromatic heterocycles. The molecule has 20 heavy (non-hydrogen) atoms. The first kappa shape index (κ1) is 30.6. The number of hydrogen-bond acceptors (Lipinski definition) is 2. The summed E-state index contributed by atoms with van der Waals surface area (Å²) in [5.41, 5.74) is 0. The van der Waals surface area contributed by atoms with Gasteiger partial charge in [-0.1, -0.05) is 51.1 Å². The van der Waals surface area contributed by atoms with E-state index in [4.69, 9.17) is 12.2 Å². The van der Waals surface area contributed by atoms with Crippen LogP contribution in [0.4, 0.5) is 0 Å². The van der Waals surface area contributed by atoms with Crippen LogP contribution >= 0.6 is 49.7 Å². The fraction of sp³-hybridized carbons (Fsp3) is 0.833. The van der Waals surface area contributed by atoms with Crippen LogP contribution in [0.15, 0.2) is 0 Å². The molecule has 0 radical (unpaired) electrons. The first-order valence-electron chi connectivity index (χ1n) is 6.24. The average molecular weight is 432 g/mol. The summed E-state index contributed by atoms with van der Waals surface area (Å²) in [6.07, 6.45) is 4.87. The molecule has 0 fully saturated rings. The fourth-order valence-corrected chi connectivity index (χ4v) is 1.38. The van der Waals surface area contributed by atoms with Crippen molar-refractivity contribution in [1.29, 1.82) is 0 Å². The minimum atomic E-state index is 0. The van der Waals surface area contributed by atoms with Crippen molar-refractivity contribution in [3.63, 3.8) is 0 Å². The molecule has 0 spiro atoms. The Labute approximate surface area is 204 Å². The summed E-state index contributed by atoms with van der Waals surface area (Å²) in [7, 11) is 3.71. The van der Waals surface area contributed by atoms with Crippen LogP contribution in [0.5, 0.6) is 0 Å². The smallest absolute Gasteiger partial charge is 1.00 e. The molecule has 0 amide bonds. The molecule has 0 aromatic rings. The Bertz CT molecular complexity index is 241. The zero-order valence-electron chi connectivity index (χ0n) is 14.6. The molecule has 112 valence electrons. The summed E-state index contributed by atoms with van der Waals surface area (Å²) >= 11 is 17.7. The Kier molecular flexibility index (Phi) is 33.3. The van der Waals surface area contributed by atoms with Crippen molar-refractivity contribution in [2.75, 3.05) is 27.2 Å². The van der Waals surface area contributed by atoms with Crippen molar-refractivity contribution in [1.82, 2.24) is 9.80 Å². The van der Waals surface area contributed by atoms with Gasteiger partial charge in [0, 0.05) is 46.7 Å². The van der Waals surface area contributed by atoms with Gasteiger partial charge >= 0.3 is 51.4 Å². The van der Waals surface area contributed by atoms with Crippen LogP contribution in [0.3, 0.4) is 0 Å². The molecule has 0 aliphatic carbocycles. The van der Waals surface area contributed by atoms with Gasteiger partial charge in [-0.3, -0.25) is 0 Å². The summed E-state index contributed by atoms with van der Waals surface area (Å²) in [5.74, 6) is 0. The summed E-state index contributed by atoms with van der Waals surface area (Å²) in [6.45, 7) is 6.52. The van der Waals surface area contributed by atoms with Crippen LogP contribution < -0.4 is 51.4 Å². The summed E-state index contributed by atoms with van der Waals surface area (Å²) in [4.78, 5) is 3.95. The second-order valence-electron chi connectivity index (χ2n) is 4.15. The van der Waals surface area contributed by atoms with Crippen molar-refractivity contribution in [2.45, 2.75) is 39.5 Å². The first-order valence-corrected chi connectivity index (χ1v) is 7.95. The molecule has 0 rings (SSSR count).